The second kappa shape index (κ2) is 5.41. The Bertz CT molecular complexity index is 608. The third kappa shape index (κ3) is 2.77. The van der Waals surface area contributed by atoms with Gasteiger partial charge in [0, 0.05) is 0 Å². The molecule has 19 heavy (non-hydrogen) atoms. The minimum atomic E-state index is -0.565. The fraction of sp³-hybridized carbons (Fsp3) is 0.467. The molecule has 0 fully saturated rings. The van der Waals surface area contributed by atoms with Crippen LogP contribution in [0.15, 0.2) is 24.3 Å². The first kappa shape index (κ1) is 13.6. The molecule has 1 unspecified atom stereocenters. The van der Waals surface area contributed by atoms with Gasteiger partial charge in [0.2, 0.25) is 0 Å². The predicted octanol–water partition coefficient (Wildman–Crippen LogP) is 2.63. The molecule has 0 saturated carbocycles. The van der Waals surface area contributed by atoms with Crippen molar-refractivity contribution in [2.24, 2.45) is 0 Å². The van der Waals surface area contributed by atoms with Crippen molar-refractivity contribution in [2.75, 3.05) is 6.54 Å². The Morgan fingerprint density at radius 2 is 2.16 bits per heavy atom. The Kier molecular flexibility index (Phi) is 3.87. The third-order valence-electron chi connectivity index (χ3n) is 3.33. The molecule has 0 bridgehead atoms. The number of aryl methyl sites for hydroxylation is 1. The number of hydrogen-bond donors (Lipinski definition) is 1. The van der Waals surface area contributed by atoms with Gasteiger partial charge in [-0.2, -0.15) is 5.26 Å². The number of imidazole rings is 1. The quantitative estimate of drug-likeness (QED) is 0.894. The summed E-state index contributed by atoms with van der Waals surface area (Å²) in [6.07, 6.45) is 1.01. The van der Waals surface area contributed by atoms with E-state index in [0.29, 0.717) is 6.54 Å². The van der Waals surface area contributed by atoms with Gasteiger partial charge in [-0.3, -0.25) is 5.32 Å². The SMILES string of the molecule is CCCNC(C)(C#N)Cn1c(C)nc2ccccc21. The second-order valence-electron chi connectivity index (χ2n) is 5.10. The average Bonchev–Trinajstić information content (AvgIpc) is 2.73. The van der Waals surface area contributed by atoms with Crippen LogP contribution in [-0.2, 0) is 6.54 Å². The van der Waals surface area contributed by atoms with Crippen molar-refractivity contribution >= 4 is 11.0 Å². The molecule has 4 nitrogen and oxygen atoms in total. The molecular formula is C15H20N4. The summed E-state index contributed by atoms with van der Waals surface area (Å²) in [5.74, 6) is 0.945. The first-order valence-electron chi connectivity index (χ1n) is 6.68. The number of nitrogens with zero attached hydrogens (tertiary/aromatic N) is 3. The Morgan fingerprint density at radius 3 is 2.84 bits per heavy atom. The zero-order valence-electron chi connectivity index (χ0n) is 11.8. The van der Waals surface area contributed by atoms with Gasteiger partial charge in [-0.25, -0.2) is 4.98 Å². The van der Waals surface area contributed by atoms with Crippen LogP contribution in [0.4, 0.5) is 0 Å². The topological polar surface area (TPSA) is 53.6 Å². The first-order valence-corrected chi connectivity index (χ1v) is 6.68. The van der Waals surface area contributed by atoms with E-state index in [1.807, 2.05) is 38.1 Å². The Hall–Kier alpha value is -1.86. The van der Waals surface area contributed by atoms with Crippen molar-refractivity contribution in [1.82, 2.24) is 14.9 Å². The number of rotatable bonds is 5. The molecule has 1 atom stereocenters. The zero-order chi connectivity index (χ0) is 13.9. The summed E-state index contributed by atoms with van der Waals surface area (Å²) in [5, 5.41) is 12.7. The van der Waals surface area contributed by atoms with E-state index in [9.17, 15) is 5.26 Å². The number of nitrogens with one attached hydrogen (secondary N) is 1. The van der Waals surface area contributed by atoms with E-state index in [-0.39, 0.29) is 0 Å². The summed E-state index contributed by atoms with van der Waals surface area (Å²) < 4.78 is 2.11. The normalized spacial score (nSPS) is 14.2. The van der Waals surface area contributed by atoms with Crippen molar-refractivity contribution in [2.45, 2.75) is 39.3 Å². The predicted molar refractivity (Wildman–Crippen MR) is 76.8 cm³/mol. The number of hydrogen-bond acceptors (Lipinski definition) is 3. The lowest BCUT2D eigenvalue weighted by molar-refractivity contribution is 0.390. The lowest BCUT2D eigenvalue weighted by Gasteiger charge is -2.24. The van der Waals surface area contributed by atoms with Gasteiger partial charge >= 0.3 is 0 Å². The lowest BCUT2D eigenvalue weighted by Crippen LogP contribution is -2.45. The van der Waals surface area contributed by atoms with E-state index in [4.69, 9.17) is 0 Å². The molecule has 0 amide bonds. The lowest BCUT2D eigenvalue weighted by atomic mass is 10.0. The van der Waals surface area contributed by atoms with Crippen LogP contribution in [0.1, 0.15) is 26.1 Å². The molecule has 1 N–H and O–H groups in total. The van der Waals surface area contributed by atoms with Crippen LogP contribution in [0.2, 0.25) is 0 Å². The molecule has 1 aromatic heterocycles. The van der Waals surface area contributed by atoms with E-state index in [1.165, 1.54) is 0 Å². The third-order valence-corrected chi connectivity index (χ3v) is 3.33. The first-order chi connectivity index (χ1) is 9.09. The summed E-state index contributed by atoms with van der Waals surface area (Å²) in [5.41, 5.74) is 1.50. The van der Waals surface area contributed by atoms with E-state index in [0.717, 1.165) is 29.8 Å². The van der Waals surface area contributed by atoms with Gasteiger partial charge in [-0.1, -0.05) is 19.1 Å². The van der Waals surface area contributed by atoms with Crippen LogP contribution < -0.4 is 5.32 Å². The second-order valence-corrected chi connectivity index (χ2v) is 5.10. The Morgan fingerprint density at radius 1 is 1.42 bits per heavy atom. The van der Waals surface area contributed by atoms with Crippen molar-refractivity contribution in [3.63, 3.8) is 0 Å². The van der Waals surface area contributed by atoms with Crippen LogP contribution in [0.3, 0.4) is 0 Å². The summed E-state index contributed by atoms with van der Waals surface area (Å²) >= 11 is 0. The molecule has 0 aliphatic heterocycles. The Labute approximate surface area is 114 Å². The van der Waals surface area contributed by atoms with Gasteiger partial charge in [-0.05, 0) is 38.9 Å². The van der Waals surface area contributed by atoms with Gasteiger partial charge in [0.1, 0.15) is 11.4 Å². The van der Waals surface area contributed by atoms with Crippen molar-refractivity contribution in [3.8, 4) is 6.07 Å². The number of nitriles is 1. The van der Waals surface area contributed by atoms with Crippen molar-refractivity contribution in [3.05, 3.63) is 30.1 Å². The summed E-state index contributed by atoms with van der Waals surface area (Å²) in [6, 6.07) is 10.4. The van der Waals surface area contributed by atoms with Gasteiger partial charge < -0.3 is 4.57 Å². The summed E-state index contributed by atoms with van der Waals surface area (Å²) in [7, 11) is 0. The highest BCUT2D eigenvalue weighted by Crippen LogP contribution is 2.18. The molecule has 0 aliphatic rings. The molecule has 0 radical (unpaired) electrons. The fourth-order valence-corrected chi connectivity index (χ4v) is 2.24. The number of para-hydroxylation sites is 2. The number of fused-ring (bicyclic) bond motifs is 1. The van der Waals surface area contributed by atoms with Crippen LogP contribution >= 0.6 is 0 Å². The summed E-state index contributed by atoms with van der Waals surface area (Å²) in [4.78, 5) is 4.54. The largest absolute Gasteiger partial charge is 0.325 e. The zero-order valence-corrected chi connectivity index (χ0v) is 11.8. The van der Waals surface area contributed by atoms with Crippen LogP contribution in [-0.4, -0.2) is 21.6 Å². The van der Waals surface area contributed by atoms with E-state index < -0.39 is 5.54 Å². The van der Waals surface area contributed by atoms with Gasteiger partial charge in [0.15, 0.2) is 0 Å². The van der Waals surface area contributed by atoms with Gasteiger partial charge in [-0.15, -0.1) is 0 Å². The minimum Gasteiger partial charge on any atom is -0.325 e. The maximum atomic E-state index is 9.43. The summed E-state index contributed by atoms with van der Waals surface area (Å²) in [6.45, 7) is 7.47. The highest BCUT2D eigenvalue weighted by Gasteiger charge is 2.25. The van der Waals surface area contributed by atoms with Gasteiger partial charge in [0.25, 0.3) is 0 Å². The molecule has 1 aromatic carbocycles. The van der Waals surface area contributed by atoms with Crippen molar-refractivity contribution in [1.29, 1.82) is 5.26 Å². The molecular weight excluding hydrogens is 236 g/mol. The number of benzene rings is 1. The molecule has 0 saturated heterocycles. The maximum Gasteiger partial charge on any atom is 0.122 e. The molecule has 2 aromatic rings. The Balaban J connectivity index is 2.34. The van der Waals surface area contributed by atoms with E-state index >= 15 is 0 Å². The van der Waals surface area contributed by atoms with Crippen LogP contribution in [0, 0.1) is 18.3 Å². The van der Waals surface area contributed by atoms with Crippen LogP contribution in [0.25, 0.3) is 11.0 Å². The average molecular weight is 256 g/mol. The molecule has 4 heteroatoms. The smallest absolute Gasteiger partial charge is 0.122 e. The minimum absolute atomic E-state index is 0.565. The monoisotopic (exact) mass is 256 g/mol. The number of aromatic nitrogens is 2. The van der Waals surface area contributed by atoms with E-state index in [2.05, 4.69) is 27.9 Å². The molecule has 0 spiro atoms. The highest BCUT2D eigenvalue weighted by molar-refractivity contribution is 5.75. The standard InChI is InChI=1S/C15H20N4/c1-4-9-17-15(3,10-16)11-19-12(2)18-13-7-5-6-8-14(13)19/h5-8,17H,4,9,11H2,1-3H3. The maximum absolute atomic E-state index is 9.43. The molecule has 2 rings (SSSR count). The molecule has 1 heterocycles. The fourth-order valence-electron chi connectivity index (χ4n) is 2.24. The molecule has 0 aliphatic carbocycles. The highest BCUT2D eigenvalue weighted by atomic mass is 15.1. The van der Waals surface area contributed by atoms with Gasteiger partial charge in [0.05, 0.1) is 23.6 Å². The van der Waals surface area contributed by atoms with Crippen molar-refractivity contribution < 1.29 is 0 Å². The van der Waals surface area contributed by atoms with Crippen LogP contribution in [0.5, 0.6) is 0 Å². The van der Waals surface area contributed by atoms with E-state index in [1.54, 1.807) is 0 Å². The molecule has 100 valence electrons.